The molecule has 0 spiro atoms. The van der Waals surface area contributed by atoms with Crippen molar-refractivity contribution in [1.82, 2.24) is 0 Å². The molecule has 1 aromatic carbocycles. The molecule has 0 aromatic heterocycles. The number of benzene rings is 1. The van der Waals surface area contributed by atoms with Gasteiger partial charge in [0, 0.05) is 12.1 Å². The van der Waals surface area contributed by atoms with Crippen LogP contribution in [0.3, 0.4) is 0 Å². The highest BCUT2D eigenvalue weighted by Crippen LogP contribution is 2.46. The molecular formula is C25H37ClO. The molecule has 0 saturated heterocycles. The van der Waals surface area contributed by atoms with Crippen molar-refractivity contribution in [3.63, 3.8) is 0 Å². The molecule has 2 aliphatic carbocycles. The van der Waals surface area contributed by atoms with Crippen LogP contribution in [0.15, 0.2) is 29.8 Å². The van der Waals surface area contributed by atoms with E-state index < -0.39 is 0 Å². The van der Waals surface area contributed by atoms with Crippen LogP contribution >= 0.6 is 11.6 Å². The number of methoxy groups -OCH3 is 1. The first-order chi connectivity index (χ1) is 12.7. The summed E-state index contributed by atoms with van der Waals surface area (Å²) in [6.45, 7) is 9.50. The minimum absolute atomic E-state index is 0.00608. The number of halogens is 1. The quantitative estimate of drug-likeness (QED) is 0.508. The fourth-order valence-electron chi connectivity index (χ4n) is 5.16. The predicted molar refractivity (Wildman–Crippen MR) is 117 cm³/mol. The maximum atomic E-state index is 6.12. The molecule has 0 radical (unpaired) electrons. The van der Waals surface area contributed by atoms with Crippen molar-refractivity contribution in [3.05, 3.63) is 40.4 Å². The van der Waals surface area contributed by atoms with Gasteiger partial charge in [0.25, 0.3) is 0 Å². The standard InChI is InChI=1S/C25H37ClO/c1-24(2,3)21-10-6-18(7-11-21)16-20-17-25(4,27-5)15-14-23(20)19-8-12-22(26)13-9-19/h8-9,12-13,18,21H,6-7,10-11,14-17H2,1-5H3. The summed E-state index contributed by atoms with van der Waals surface area (Å²) in [5.41, 5.74) is 4.99. The summed E-state index contributed by atoms with van der Waals surface area (Å²) >= 11 is 6.12. The molecule has 27 heavy (non-hydrogen) atoms. The zero-order valence-corrected chi connectivity index (χ0v) is 18.7. The van der Waals surface area contributed by atoms with Crippen molar-refractivity contribution in [2.75, 3.05) is 7.11 Å². The summed E-state index contributed by atoms with van der Waals surface area (Å²) in [4.78, 5) is 0. The Kier molecular flexibility index (Phi) is 6.43. The van der Waals surface area contributed by atoms with Crippen LogP contribution in [-0.4, -0.2) is 12.7 Å². The molecular weight excluding hydrogens is 352 g/mol. The molecule has 3 rings (SSSR count). The zero-order chi connectivity index (χ0) is 19.7. The summed E-state index contributed by atoms with van der Waals surface area (Å²) in [5, 5.41) is 0.818. The highest BCUT2D eigenvalue weighted by molar-refractivity contribution is 6.30. The fraction of sp³-hybridized carbons (Fsp3) is 0.680. The van der Waals surface area contributed by atoms with Gasteiger partial charge >= 0.3 is 0 Å². The smallest absolute Gasteiger partial charge is 0.0691 e. The lowest BCUT2D eigenvalue weighted by molar-refractivity contribution is -0.00384. The Bertz CT molecular complexity index is 659. The van der Waals surface area contributed by atoms with E-state index in [1.165, 1.54) is 37.7 Å². The Morgan fingerprint density at radius 2 is 1.70 bits per heavy atom. The average Bonchev–Trinajstić information content (AvgIpc) is 2.63. The third-order valence-corrected chi connectivity index (χ3v) is 7.46. The van der Waals surface area contributed by atoms with E-state index in [1.54, 1.807) is 11.1 Å². The lowest BCUT2D eigenvalue weighted by atomic mass is 9.67. The summed E-state index contributed by atoms with van der Waals surface area (Å²) < 4.78 is 5.91. The van der Waals surface area contributed by atoms with E-state index in [2.05, 4.69) is 39.8 Å². The Morgan fingerprint density at radius 1 is 1.07 bits per heavy atom. The van der Waals surface area contributed by atoms with Crippen LogP contribution in [0.4, 0.5) is 0 Å². The van der Waals surface area contributed by atoms with E-state index in [9.17, 15) is 0 Å². The molecule has 2 aliphatic rings. The van der Waals surface area contributed by atoms with Gasteiger partial charge in [0.1, 0.15) is 0 Å². The van der Waals surface area contributed by atoms with E-state index in [4.69, 9.17) is 16.3 Å². The van der Waals surface area contributed by atoms with Gasteiger partial charge in [0.2, 0.25) is 0 Å². The van der Waals surface area contributed by atoms with Crippen LogP contribution in [0, 0.1) is 17.3 Å². The van der Waals surface area contributed by atoms with Gasteiger partial charge in [0.05, 0.1) is 5.60 Å². The first kappa shape index (κ1) is 20.9. The van der Waals surface area contributed by atoms with E-state index >= 15 is 0 Å². The van der Waals surface area contributed by atoms with Gasteiger partial charge in [-0.15, -0.1) is 0 Å². The Labute approximate surface area is 171 Å². The number of ether oxygens (including phenoxy) is 1. The molecule has 2 heteroatoms. The van der Waals surface area contributed by atoms with Crippen LogP contribution in [0.25, 0.3) is 5.57 Å². The predicted octanol–water partition coefficient (Wildman–Crippen LogP) is 7.93. The maximum absolute atomic E-state index is 6.12. The van der Waals surface area contributed by atoms with E-state index in [-0.39, 0.29) is 5.60 Å². The second kappa shape index (κ2) is 8.29. The average molecular weight is 389 g/mol. The van der Waals surface area contributed by atoms with E-state index in [0.29, 0.717) is 5.41 Å². The number of allylic oxidation sites excluding steroid dienone is 1. The molecule has 0 N–H and O–H groups in total. The van der Waals surface area contributed by atoms with Crippen molar-refractivity contribution in [2.24, 2.45) is 17.3 Å². The van der Waals surface area contributed by atoms with Crippen LogP contribution < -0.4 is 0 Å². The van der Waals surface area contributed by atoms with Crippen molar-refractivity contribution in [3.8, 4) is 0 Å². The first-order valence-electron chi connectivity index (χ1n) is 10.7. The van der Waals surface area contributed by atoms with Gasteiger partial charge in [-0.3, -0.25) is 0 Å². The SMILES string of the molecule is COC1(C)CCC(c2ccc(Cl)cc2)=C(CC2CCC(C(C)(C)C)CC2)C1. The normalized spacial score (nSPS) is 29.9. The zero-order valence-electron chi connectivity index (χ0n) is 17.9. The van der Waals surface area contributed by atoms with Gasteiger partial charge in [-0.2, -0.15) is 0 Å². The lowest BCUT2D eigenvalue weighted by Crippen LogP contribution is -2.32. The van der Waals surface area contributed by atoms with Crippen molar-refractivity contribution >= 4 is 17.2 Å². The topological polar surface area (TPSA) is 9.23 Å². The monoisotopic (exact) mass is 388 g/mol. The van der Waals surface area contributed by atoms with Crippen molar-refractivity contribution in [2.45, 2.75) is 84.7 Å². The van der Waals surface area contributed by atoms with E-state index in [1.807, 2.05) is 19.2 Å². The summed E-state index contributed by atoms with van der Waals surface area (Å²) in [6, 6.07) is 8.45. The Balaban J connectivity index is 1.78. The first-order valence-corrected chi connectivity index (χ1v) is 11.1. The molecule has 1 nitrogen and oxygen atoms in total. The molecule has 0 bridgehead atoms. The van der Waals surface area contributed by atoms with Crippen LogP contribution in [-0.2, 0) is 4.74 Å². The molecule has 1 fully saturated rings. The highest BCUT2D eigenvalue weighted by Gasteiger charge is 2.34. The van der Waals surface area contributed by atoms with Crippen LogP contribution in [0.2, 0.25) is 5.02 Å². The van der Waals surface area contributed by atoms with Gasteiger partial charge in [-0.25, -0.2) is 0 Å². The molecule has 1 unspecified atom stereocenters. The van der Waals surface area contributed by atoms with Gasteiger partial charge in [-0.05, 0) is 98.8 Å². The third-order valence-electron chi connectivity index (χ3n) is 7.21. The highest BCUT2D eigenvalue weighted by atomic mass is 35.5. The summed E-state index contributed by atoms with van der Waals surface area (Å²) in [5.74, 6) is 1.72. The van der Waals surface area contributed by atoms with Crippen LogP contribution in [0.5, 0.6) is 0 Å². The molecule has 0 amide bonds. The number of rotatable bonds is 4. The van der Waals surface area contributed by atoms with E-state index in [0.717, 1.165) is 36.1 Å². The Morgan fingerprint density at radius 3 is 2.26 bits per heavy atom. The lowest BCUT2D eigenvalue weighted by Gasteiger charge is -2.40. The molecule has 150 valence electrons. The Hall–Kier alpha value is -0.790. The fourth-order valence-corrected chi connectivity index (χ4v) is 5.29. The minimum atomic E-state index is -0.00608. The molecule has 1 aromatic rings. The van der Waals surface area contributed by atoms with Gasteiger partial charge < -0.3 is 4.74 Å². The van der Waals surface area contributed by atoms with Gasteiger partial charge in [0.15, 0.2) is 0 Å². The molecule has 1 atom stereocenters. The summed E-state index contributed by atoms with van der Waals surface area (Å²) in [7, 11) is 1.87. The molecule has 0 heterocycles. The number of hydrogen-bond acceptors (Lipinski definition) is 1. The van der Waals surface area contributed by atoms with Crippen LogP contribution in [0.1, 0.15) is 84.6 Å². The van der Waals surface area contributed by atoms with Gasteiger partial charge in [-0.1, -0.05) is 50.1 Å². The second-order valence-corrected chi connectivity index (χ2v) is 10.6. The third kappa shape index (κ3) is 5.18. The minimum Gasteiger partial charge on any atom is -0.378 e. The molecule has 1 saturated carbocycles. The molecule has 0 aliphatic heterocycles. The maximum Gasteiger partial charge on any atom is 0.0691 e. The second-order valence-electron chi connectivity index (χ2n) is 10.2. The van der Waals surface area contributed by atoms with Crippen molar-refractivity contribution in [1.29, 1.82) is 0 Å². The number of hydrogen-bond donors (Lipinski definition) is 0. The van der Waals surface area contributed by atoms with Crippen molar-refractivity contribution < 1.29 is 4.74 Å². The summed E-state index contributed by atoms with van der Waals surface area (Å²) in [6.07, 6.45) is 10.1. The largest absolute Gasteiger partial charge is 0.378 e.